The van der Waals surface area contributed by atoms with Crippen LogP contribution in [0.25, 0.3) is 0 Å². The van der Waals surface area contributed by atoms with Crippen LogP contribution in [0.4, 0.5) is 21.5 Å². The molecule has 8 heteroatoms. The molecular formula is C21H26FN4O3+. The number of anilines is 3. The van der Waals surface area contributed by atoms with E-state index in [-0.39, 0.29) is 30.0 Å². The normalized spacial score (nSPS) is 12.6. The molecule has 0 heterocycles. The Balaban J connectivity index is 1.93. The van der Waals surface area contributed by atoms with Crippen LogP contribution in [0.3, 0.4) is 0 Å². The van der Waals surface area contributed by atoms with Crippen molar-refractivity contribution < 1.29 is 23.7 Å². The summed E-state index contributed by atoms with van der Waals surface area (Å²) in [4.78, 5) is 36.6. The van der Waals surface area contributed by atoms with E-state index >= 15 is 0 Å². The Bertz CT molecular complexity index is 870. The molecule has 1 unspecified atom stereocenters. The Morgan fingerprint density at radius 3 is 2.10 bits per heavy atom. The number of carbonyl (C=O) groups excluding carboxylic acids is 3. The van der Waals surface area contributed by atoms with Crippen LogP contribution in [0.2, 0.25) is 0 Å². The Morgan fingerprint density at radius 2 is 1.55 bits per heavy atom. The summed E-state index contributed by atoms with van der Waals surface area (Å²) in [5, 5.41) is 8.00. The number of nitrogens with one attached hydrogen (secondary N) is 4. The van der Waals surface area contributed by atoms with Crippen molar-refractivity contribution >= 4 is 34.8 Å². The van der Waals surface area contributed by atoms with E-state index < -0.39 is 11.9 Å². The van der Waals surface area contributed by atoms with E-state index in [0.29, 0.717) is 17.9 Å². The standard InChI is InChI=1S/C21H25FN4O3/c1-4-26(14(2)21(29)25-19-8-6-5-7-18(19)22)13-20(28)24-17-11-9-16(10-12-17)23-15(3)27/h5-12,14H,4,13H2,1-3H3,(H,23,27)(H,24,28)(H,25,29)/p+1/t14-/m1/s1. The lowest BCUT2D eigenvalue weighted by Gasteiger charge is -2.23. The highest BCUT2D eigenvalue weighted by Gasteiger charge is 2.26. The van der Waals surface area contributed by atoms with E-state index in [1.54, 1.807) is 43.3 Å². The van der Waals surface area contributed by atoms with Crippen molar-refractivity contribution in [2.24, 2.45) is 0 Å². The lowest BCUT2D eigenvalue weighted by molar-refractivity contribution is -0.904. The molecule has 7 nitrogen and oxygen atoms in total. The van der Waals surface area contributed by atoms with Gasteiger partial charge in [-0.2, -0.15) is 0 Å². The molecule has 0 aliphatic carbocycles. The van der Waals surface area contributed by atoms with Gasteiger partial charge in [0, 0.05) is 18.3 Å². The minimum absolute atomic E-state index is 0.0792. The van der Waals surface area contributed by atoms with E-state index in [1.807, 2.05) is 6.92 Å². The van der Waals surface area contributed by atoms with Gasteiger partial charge in [0.1, 0.15) is 5.82 Å². The largest absolute Gasteiger partial charge is 0.326 e. The van der Waals surface area contributed by atoms with Gasteiger partial charge < -0.3 is 20.9 Å². The Hall–Kier alpha value is -3.26. The molecule has 0 aromatic heterocycles. The monoisotopic (exact) mass is 401 g/mol. The number of hydrogen-bond donors (Lipinski definition) is 4. The highest BCUT2D eigenvalue weighted by molar-refractivity contribution is 5.95. The average molecular weight is 401 g/mol. The molecule has 0 radical (unpaired) electrons. The molecule has 0 saturated carbocycles. The van der Waals surface area contributed by atoms with Gasteiger partial charge >= 0.3 is 0 Å². The Labute approximate surface area is 169 Å². The van der Waals surface area contributed by atoms with Gasteiger partial charge in [-0.05, 0) is 50.2 Å². The molecule has 0 aliphatic rings. The zero-order valence-electron chi connectivity index (χ0n) is 16.7. The molecule has 2 aromatic rings. The second-order valence-electron chi connectivity index (χ2n) is 6.69. The fourth-order valence-corrected chi connectivity index (χ4v) is 2.82. The van der Waals surface area contributed by atoms with Crippen LogP contribution < -0.4 is 20.9 Å². The minimum atomic E-state index is -0.549. The van der Waals surface area contributed by atoms with Crippen molar-refractivity contribution in [3.05, 3.63) is 54.3 Å². The van der Waals surface area contributed by atoms with Gasteiger partial charge in [0.05, 0.1) is 12.2 Å². The van der Waals surface area contributed by atoms with Crippen LogP contribution >= 0.6 is 0 Å². The first-order chi connectivity index (χ1) is 13.8. The fraction of sp³-hybridized carbons (Fsp3) is 0.286. The number of hydrogen-bond acceptors (Lipinski definition) is 3. The maximum absolute atomic E-state index is 13.7. The summed E-state index contributed by atoms with van der Waals surface area (Å²) in [6.45, 7) is 5.61. The maximum atomic E-state index is 13.7. The summed E-state index contributed by atoms with van der Waals surface area (Å²) in [5.74, 6) is -1.29. The molecule has 3 amide bonds. The van der Waals surface area contributed by atoms with E-state index in [1.165, 1.54) is 19.1 Å². The summed E-state index contributed by atoms with van der Waals surface area (Å²) in [7, 11) is 0. The molecule has 0 saturated heterocycles. The van der Waals surface area contributed by atoms with Gasteiger partial charge in [-0.15, -0.1) is 0 Å². The molecule has 2 aromatic carbocycles. The number of carbonyl (C=O) groups is 3. The summed E-state index contributed by atoms with van der Waals surface area (Å²) in [5.41, 5.74) is 1.33. The van der Waals surface area contributed by atoms with Crippen molar-refractivity contribution in [2.45, 2.75) is 26.8 Å². The molecule has 0 bridgehead atoms. The summed E-state index contributed by atoms with van der Waals surface area (Å²) in [6.07, 6.45) is 0. The van der Waals surface area contributed by atoms with Crippen molar-refractivity contribution in [3.63, 3.8) is 0 Å². The molecule has 0 aliphatic heterocycles. The molecule has 2 atom stereocenters. The average Bonchev–Trinajstić information content (AvgIpc) is 2.68. The highest BCUT2D eigenvalue weighted by atomic mass is 19.1. The van der Waals surface area contributed by atoms with E-state index in [2.05, 4.69) is 16.0 Å². The number of amides is 3. The van der Waals surface area contributed by atoms with Crippen molar-refractivity contribution in [3.8, 4) is 0 Å². The molecule has 154 valence electrons. The molecule has 0 spiro atoms. The van der Waals surface area contributed by atoms with Crippen LogP contribution in [0.1, 0.15) is 20.8 Å². The highest BCUT2D eigenvalue weighted by Crippen LogP contribution is 2.13. The molecule has 29 heavy (non-hydrogen) atoms. The fourth-order valence-electron chi connectivity index (χ4n) is 2.82. The van der Waals surface area contributed by atoms with Crippen LogP contribution in [0.15, 0.2) is 48.5 Å². The smallest absolute Gasteiger partial charge is 0.282 e. The molecule has 2 rings (SSSR count). The number of quaternary nitrogens is 1. The Morgan fingerprint density at radius 1 is 0.966 bits per heavy atom. The third-order valence-electron chi connectivity index (χ3n) is 4.47. The number of rotatable bonds is 8. The van der Waals surface area contributed by atoms with Crippen LogP contribution in [-0.4, -0.2) is 36.9 Å². The molecule has 0 fully saturated rings. The first-order valence-electron chi connectivity index (χ1n) is 9.37. The Kier molecular flexibility index (Phi) is 7.85. The van der Waals surface area contributed by atoms with Gasteiger partial charge in [0.15, 0.2) is 12.6 Å². The van der Waals surface area contributed by atoms with Crippen LogP contribution in [0.5, 0.6) is 0 Å². The van der Waals surface area contributed by atoms with Gasteiger partial charge in [0.2, 0.25) is 5.91 Å². The minimum Gasteiger partial charge on any atom is -0.326 e. The molecule has 4 N–H and O–H groups in total. The summed E-state index contributed by atoms with van der Waals surface area (Å²) in [6, 6.07) is 12.1. The zero-order valence-corrected chi connectivity index (χ0v) is 16.7. The van der Waals surface area contributed by atoms with Gasteiger partial charge in [-0.25, -0.2) is 4.39 Å². The first-order valence-corrected chi connectivity index (χ1v) is 9.37. The second kappa shape index (κ2) is 10.3. The first kappa shape index (κ1) is 22.0. The third kappa shape index (κ3) is 6.69. The number of halogens is 1. The predicted octanol–water partition coefficient (Wildman–Crippen LogP) is 1.65. The summed E-state index contributed by atoms with van der Waals surface area (Å²) >= 11 is 0. The summed E-state index contributed by atoms with van der Waals surface area (Å²) < 4.78 is 13.7. The van der Waals surface area contributed by atoms with Crippen LogP contribution in [0, 0.1) is 5.82 Å². The predicted molar refractivity (Wildman–Crippen MR) is 110 cm³/mol. The lowest BCUT2D eigenvalue weighted by atomic mass is 10.2. The lowest BCUT2D eigenvalue weighted by Crippen LogP contribution is -3.17. The zero-order chi connectivity index (χ0) is 21.4. The van der Waals surface area contributed by atoms with Crippen molar-refractivity contribution in [2.75, 3.05) is 29.0 Å². The van der Waals surface area contributed by atoms with Crippen molar-refractivity contribution in [1.29, 1.82) is 0 Å². The SMILES string of the molecule is CC[NH+](CC(=O)Nc1ccc(NC(C)=O)cc1)[C@H](C)C(=O)Nc1ccccc1F. The molecular weight excluding hydrogens is 375 g/mol. The van der Waals surface area contributed by atoms with Gasteiger partial charge in [-0.3, -0.25) is 14.4 Å². The number of likely N-dealkylation sites (N-methyl/N-ethyl adjacent to an activating group) is 1. The maximum Gasteiger partial charge on any atom is 0.282 e. The van der Waals surface area contributed by atoms with E-state index in [0.717, 1.165) is 4.90 Å². The quantitative estimate of drug-likeness (QED) is 0.542. The van der Waals surface area contributed by atoms with E-state index in [9.17, 15) is 18.8 Å². The topological polar surface area (TPSA) is 91.7 Å². The van der Waals surface area contributed by atoms with Crippen LogP contribution in [-0.2, 0) is 14.4 Å². The third-order valence-corrected chi connectivity index (χ3v) is 4.47. The number of benzene rings is 2. The van der Waals surface area contributed by atoms with E-state index in [4.69, 9.17) is 0 Å². The number of para-hydroxylation sites is 1. The van der Waals surface area contributed by atoms with Crippen molar-refractivity contribution in [1.82, 2.24) is 0 Å². The van der Waals surface area contributed by atoms with Gasteiger partial charge in [0.25, 0.3) is 11.8 Å². The second-order valence-corrected chi connectivity index (χ2v) is 6.69. The van der Waals surface area contributed by atoms with Gasteiger partial charge in [-0.1, -0.05) is 12.1 Å².